The van der Waals surface area contributed by atoms with Crippen molar-refractivity contribution >= 4 is 17.7 Å². The summed E-state index contributed by atoms with van der Waals surface area (Å²) in [5, 5.41) is 6.87. The SMILES string of the molecule is Cc1cc(=O)[nH]c(SC(C)C(=O)NCCc2noc(C3CCC3)n2)n1. The highest BCUT2D eigenvalue weighted by atomic mass is 32.2. The summed E-state index contributed by atoms with van der Waals surface area (Å²) in [6.45, 7) is 3.95. The zero-order chi connectivity index (χ0) is 17.8. The van der Waals surface area contributed by atoms with Crippen LogP contribution in [0.3, 0.4) is 0 Å². The molecule has 0 saturated heterocycles. The smallest absolute Gasteiger partial charge is 0.251 e. The third-order valence-corrected chi connectivity index (χ3v) is 5.08. The van der Waals surface area contributed by atoms with Crippen LogP contribution in [-0.2, 0) is 11.2 Å². The lowest BCUT2D eigenvalue weighted by Gasteiger charge is -2.20. The molecule has 9 heteroatoms. The second-order valence-corrected chi connectivity index (χ2v) is 7.50. The van der Waals surface area contributed by atoms with Crippen molar-refractivity contribution in [1.82, 2.24) is 25.4 Å². The molecule has 1 aliphatic rings. The van der Waals surface area contributed by atoms with Gasteiger partial charge in [0.05, 0.1) is 5.25 Å². The molecule has 0 aliphatic heterocycles. The largest absolute Gasteiger partial charge is 0.355 e. The molecule has 0 spiro atoms. The maximum absolute atomic E-state index is 12.2. The number of nitrogens with one attached hydrogen (secondary N) is 2. The summed E-state index contributed by atoms with van der Waals surface area (Å²) >= 11 is 1.22. The molecule has 0 radical (unpaired) electrons. The molecule has 0 aromatic carbocycles. The minimum atomic E-state index is -0.374. The lowest BCUT2D eigenvalue weighted by atomic mass is 9.85. The first-order valence-corrected chi connectivity index (χ1v) is 9.24. The van der Waals surface area contributed by atoms with Gasteiger partial charge in [-0.15, -0.1) is 0 Å². The molecule has 25 heavy (non-hydrogen) atoms. The van der Waals surface area contributed by atoms with Crippen LogP contribution in [0.1, 0.15) is 49.5 Å². The molecule has 8 nitrogen and oxygen atoms in total. The summed E-state index contributed by atoms with van der Waals surface area (Å²) < 4.78 is 5.26. The van der Waals surface area contributed by atoms with Gasteiger partial charge in [-0.1, -0.05) is 23.3 Å². The first kappa shape index (κ1) is 17.7. The van der Waals surface area contributed by atoms with Crippen molar-refractivity contribution in [3.05, 3.63) is 33.8 Å². The maximum atomic E-state index is 12.2. The summed E-state index contributed by atoms with van der Waals surface area (Å²) in [5.41, 5.74) is 0.403. The highest BCUT2D eigenvalue weighted by Crippen LogP contribution is 2.35. The van der Waals surface area contributed by atoms with Crippen molar-refractivity contribution in [3.63, 3.8) is 0 Å². The summed E-state index contributed by atoms with van der Waals surface area (Å²) in [7, 11) is 0. The molecule has 1 fully saturated rings. The quantitative estimate of drug-likeness (QED) is 0.567. The Hall–Kier alpha value is -2.16. The molecular formula is C16H21N5O3S. The van der Waals surface area contributed by atoms with Gasteiger partial charge in [0.2, 0.25) is 11.8 Å². The zero-order valence-electron chi connectivity index (χ0n) is 14.2. The third kappa shape index (κ3) is 4.68. The Balaban J connectivity index is 1.45. The summed E-state index contributed by atoms with van der Waals surface area (Å²) in [4.78, 5) is 34.8. The number of carbonyl (C=O) groups is 1. The zero-order valence-corrected chi connectivity index (χ0v) is 15.1. The van der Waals surface area contributed by atoms with Crippen molar-refractivity contribution in [2.24, 2.45) is 0 Å². The number of rotatable bonds is 7. The second kappa shape index (κ2) is 7.81. The fourth-order valence-corrected chi connectivity index (χ4v) is 3.34. The predicted octanol–water partition coefficient (Wildman–Crippen LogP) is 1.57. The Morgan fingerprint density at radius 1 is 1.48 bits per heavy atom. The summed E-state index contributed by atoms with van der Waals surface area (Å²) in [5.74, 6) is 1.62. The topological polar surface area (TPSA) is 114 Å². The van der Waals surface area contributed by atoms with Gasteiger partial charge in [-0.25, -0.2) is 4.98 Å². The van der Waals surface area contributed by atoms with Crippen LogP contribution >= 0.6 is 11.8 Å². The monoisotopic (exact) mass is 363 g/mol. The van der Waals surface area contributed by atoms with Crippen molar-refractivity contribution < 1.29 is 9.32 Å². The van der Waals surface area contributed by atoms with Crippen LogP contribution in [0.4, 0.5) is 0 Å². The van der Waals surface area contributed by atoms with Crippen molar-refractivity contribution in [2.75, 3.05) is 6.54 Å². The Bertz CT molecular complexity index is 799. The Labute approximate surface area is 149 Å². The lowest BCUT2D eigenvalue weighted by Crippen LogP contribution is -2.32. The van der Waals surface area contributed by atoms with E-state index in [0.717, 1.165) is 12.8 Å². The highest BCUT2D eigenvalue weighted by molar-refractivity contribution is 8.00. The van der Waals surface area contributed by atoms with Crippen molar-refractivity contribution in [3.8, 4) is 0 Å². The molecule has 1 aliphatic carbocycles. The van der Waals surface area contributed by atoms with E-state index < -0.39 is 0 Å². The van der Waals surface area contributed by atoms with Crippen LogP contribution in [0.25, 0.3) is 0 Å². The second-order valence-electron chi connectivity index (χ2n) is 6.17. The molecule has 1 saturated carbocycles. The fraction of sp³-hybridized carbons (Fsp3) is 0.562. The first-order chi connectivity index (χ1) is 12.0. The van der Waals surface area contributed by atoms with Gasteiger partial charge >= 0.3 is 0 Å². The van der Waals surface area contributed by atoms with Gasteiger partial charge in [0.15, 0.2) is 11.0 Å². The number of aryl methyl sites for hydroxylation is 1. The third-order valence-electron chi connectivity index (χ3n) is 4.09. The highest BCUT2D eigenvalue weighted by Gasteiger charge is 2.25. The first-order valence-electron chi connectivity index (χ1n) is 8.36. The average Bonchev–Trinajstić information content (AvgIpc) is 2.92. The molecule has 3 rings (SSSR count). The number of carbonyl (C=O) groups excluding carboxylic acids is 1. The number of nitrogens with zero attached hydrogens (tertiary/aromatic N) is 3. The van der Waals surface area contributed by atoms with E-state index in [4.69, 9.17) is 4.52 Å². The molecule has 2 aromatic rings. The molecular weight excluding hydrogens is 342 g/mol. The number of hydrogen-bond donors (Lipinski definition) is 2. The minimum absolute atomic E-state index is 0.128. The van der Waals surface area contributed by atoms with Gasteiger partial charge in [-0.05, 0) is 26.7 Å². The summed E-state index contributed by atoms with van der Waals surface area (Å²) in [6, 6.07) is 1.41. The van der Waals surface area contributed by atoms with Crippen molar-refractivity contribution in [2.45, 2.75) is 55.9 Å². The Kier molecular flexibility index (Phi) is 5.52. The fourth-order valence-electron chi connectivity index (χ4n) is 2.46. The maximum Gasteiger partial charge on any atom is 0.251 e. The van der Waals surface area contributed by atoms with E-state index in [1.54, 1.807) is 13.8 Å². The van der Waals surface area contributed by atoms with Crippen LogP contribution in [0, 0.1) is 6.92 Å². The van der Waals surface area contributed by atoms with E-state index in [-0.39, 0.29) is 16.7 Å². The van der Waals surface area contributed by atoms with Crippen molar-refractivity contribution in [1.29, 1.82) is 0 Å². The Morgan fingerprint density at radius 2 is 2.28 bits per heavy atom. The van der Waals surface area contributed by atoms with Gasteiger partial charge in [0.25, 0.3) is 5.56 Å². The van der Waals surface area contributed by atoms with Gasteiger partial charge in [-0.2, -0.15) is 4.98 Å². The number of hydrogen-bond acceptors (Lipinski definition) is 7. The normalized spacial score (nSPS) is 15.6. The Morgan fingerprint density at radius 3 is 2.96 bits per heavy atom. The molecule has 2 N–H and O–H groups in total. The van der Waals surface area contributed by atoms with Gasteiger partial charge in [0.1, 0.15) is 0 Å². The van der Waals surface area contributed by atoms with Gasteiger partial charge in [0, 0.05) is 30.6 Å². The number of aromatic nitrogens is 4. The molecule has 1 amide bonds. The number of aromatic amines is 1. The average molecular weight is 363 g/mol. The molecule has 0 bridgehead atoms. The van der Waals surface area contributed by atoms with Crippen LogP contribution in [0.15, 0.2) is 20.5 Å². The molecule has 2 aromatic heterocycles. The number of H-pyrrole nitrogens is 1. The van der Waals surface area contributed by atoms with Crippen LogP contribution in [-0.4, -0.2) is 37.8 Å². The number of thioether (sulfide) groups is 1. The van der Waals surface area contributed by atoms with E-state index in [1.165, 1.54) is 24.2 Å². The standard InChI is InChI=1S/C16H21N5O3S/c1-9-8-13(22)20-16(18-9)25-10(2)14(23)17-7-6-12-19-15(24-21-12)11-4-3-5-11/h8,10-11H,3-7H2,1-2H3,(H,17,23)(H,18,20,22). The summed E-state index contributed by atoms with van der Waals surface area (Å²) in [6.07, 6.45) is 3.97. The van der Waals surface area contributed by atoms with E-state index in [9.17, 15) is 9.59 Å². The van der Waals surface area contributed by atoms with Gasteiger partial charge < -0.3 is 14.8 Å². The predicted molar refractivity (Wildman–Crippen MR) is 92.5 cm³/mol. The van der Waals surface area contributed by atoms with E-state index in [2.05, 4.69) is 25.4 Å². The van der Waals surface area contributed by atoms with Gasteiger partial charge in [-0.3, -0.25) is 9.59 Å². The van der Waals surface area contributed by atoms with E-state index >= 15 is 0 Å². The van der Waals surface area contributed by atoms with E-state index in [1.807, 2.05) is 0 Å². The minimum Gasteiger partial charge on any atom is -0.355 e. The van der Waals surface area contributed by atoms with Crippen LogP contribution in [0.2, 0.25) is 0 Å². The van der Waals surface area contributed by atoms with Crippen LogP contribution in [0.5, 0.6) is 0 Å². The molecule has 1 atom stereocenters. The number of amides is 1. The van der Waals surface area contributed by atoms with E-state index in [0.29, 0.717) is 41.4 Å². The molecule has 2 heterocycles. The molecule has 134 valence electrons. The molecule has 1 unspecified atom stereocenters. The lowest BCUT2D eigenvalue weighted by molar-refractivity contribution is -0.120. The van der Waals surface area contributed by atoms with Crippen LogP contribution < -0.4 is 10.9 Å².